The van der Waals surface area contributed by atoms with Crippen molar-refractivity contribution in [1.82, 2.24) is 9.97 Å². The zero-order valence-electron chi connectivity index (χ0n) is 7.55. The SMILES string of the molecule is [2H]C([2H])([2H])c1ncc(C)cn1. The molecule has 2 nitrogen and oxygen atoms in total. The van der Waals surface area contributed by atoms with Crippen molar-refractivity contribution < 1.29 is 4.11 Å². The fourth-order valence-corrected chi connectivity index (χ4v) is 0.393. The summed E-state index contributed by atoms with van der Waals surface area (Å²) in [5.41, 5.74) is 0.859. The Morgan fingerprint density at radius 1 is 1.50 bits per heavy atom. The molecule has 0 radical (unpaired) electrons. The minimum atomic E-state index is -2.19. The van der Waals surface area contributed by atoms with Crippen molar-refractivity contribution >= 4 is 0 Å². The summed E-state index contributed by atoms with van der Waals surface area (Å²) in [6.07, 6.45) is 2.99. The highest BCUT2D eigenvalue weighted by atomic mass is 14.8. The lowest BCUT2D eigenvalue weighted by atomic mass is 10.4. The topological polar surface area (TPSA) is 25.8 Å². The van der Waals surface area contributed by atoms with Crippen LogP contribution in [-0.2, 0) is 0 Å². The number of hydrogen-bond acceptors (Lipinski definition) is 2. The van der Waals surface area contributed by atoms with Gasteiger partial charge in [0.1, 0.15) is 5.82 Å². The first-order valence-electron chi connectivity index (χ1n) is 3.79. The van der Waals surface area contributed by atoms with Crippen LogP contribution in [0.15, 0.2) is 12.4 Å². The number of aryl methyl sites for hydroxylation is 2. The third kappa shape index (κ3) is 1.03. The second-order valence-electron chi connectivity index (χ2n) is 1.58. The predicted molar refractivity (Wildman–Crippen MR) is 31.5 cm³/mol. The van der Waals surface area contributed by atoms with E-state index < -0.39 is 6.85 Å². The summed E-state index contributed by atoms with van der Waals surface area (Å²) in [4.78, 5) is 7.35. The van der Waals surface area contributed by atoms with Gasteiger partial charge in [-0.25, -0.2) is 9.97 Å². The molecule has 0 saturated heterocycles. The quantitative estimate of drug-likeness (QED) is 0.501. The van der Waals surface area contributed by atoms with Crippen LogP contribution in [0, 0.1) is 13.8 Å². The molecule has 0 saturated carbocycles. The van der Waals surface area contributed by atoms with Crippen molar-refractivity contribution in [2.75, 3.05) is 0 Å². The van der Waals surface area contributed by atoms with Crippen LogP contribution in [0.5, 0.6) is 0 Å². The highest BCUT2D eigenvalue weighted by Gasteiger charge is 1.82. The number of hydrogen-bond donors (Lipinski definition) is 0. The molecule has 2 heteroatoms. The molecule has 0 unspecified atom stereocenters. The van der Waals surface area contributed by atoms with Gasteiger partial charge in [-0.3, -0.25) is 0 Å². The molecule has 0 aliphatic carbocycles. The van der Waals surface area contributed by atoms with Crippen LogP contribution in [0.4, 0.5) is 0 Å². The highest BCUT2D eigenvalue weighted by Crippen LogP contribution is 1.89. The molecule has 0 atom stereocenters. The van der Waals surface area contributed by atoms with Crippen LogP contribution in [0.25, 0.3) is 0 Å². The molecule has 1 aromatic rings. The summed E-state index contributed by atoms with van der Waals surface area (Å²) in [5, 5.41) is 0. The van der Waals surface area contributed by atoms with E-state index in [1.807, 2.05) is 6.92 Å². The molecular weight excluding hydrogens is 100 g/mol. The van der Waals surface area contributed by atoms with Gasteiger partial charge in [-0.15, -0.1) is 0 Å². The van der Waals surface area contributed by atoms with Crippen molar-refractivity contribution in [2.45, 2.75) is 13.8 Å². The standard InChI is InChI=1S/C6H8N2/c1-5-3-7-6(2)8-4-5/h3-4H,1-2H3/i2D3. The van der Waals surface area contributed by atoms with Gasteiger partial charge in [0, 0.05) is 16.5 Å². The van der Waals surface area contributed by atoms with Crippen LogP contribution < -0.4 is 0 Å². The Hall–Kier alpha value is -0.920. The summed E-state index contributed by atoms with van der Waals surface area (Å²) in [5.74, 6) is -0.0944. The summed E-state index contributed by atoms with van der Waals surface area (Å²) in [6, 6.07) is 0. The van der Waals surface area contributed by atoms with Crippen LogP contribution in [0.2, 0.25) is 0 Å². The molecule has 0 bridgehead atoms. The molecule has 0 amide bonds. The van der Waals surface area contributed by atoms with Gasteiger partial charge in [0.15, 0.2) is 0 Å². The van der Waals surface area contributed by atoms with E-state index in [0.717, 1.165) is 5.56 Å². The van der Waals surface area contributed by atoms with Crippen molar-refractivity contribution in [3.8, 4) is 0 Å². The summed E-state index contributed by atoms with van der Waals surface area (Å²) >= 11 is 0. The average molecular weight is 111 g/mol. The molecule has 0 fully saturated rings. The monoisotopic (exact) mass is 111 g/mol. The molecule has 0 N–H and O–H groups in total. The first-order chi connectivity index (χ1) is 5.00. The van der Waals surface area contributed by atoms with Gasteiger partial charge < -0.3 is 0 Å². The minimum Gasteiger partial charge on any atom is -0.241 e. The molecule has 1 heterocycles. The molecular formula is C6H8N2. The molecule has 8 heavy (non-hydrogen) atoms. The van der Waals surface area contributed by atoms with Crippen molar-refractivity contribution in [1.29, 1.82) is 0 Å². The Bertz CT molecular complexity index is 239. The molecule has 42 valence electrons. The maximum Gasteiger partial charge on any atom is 0.125 e. The van der Waals surface area contributed by atoms with Gasteiger partial charge >= 0.3 is 0 Å². The predicted octanol–water partition coefficient (Wildman–Crippen LogP) is 1.09. The van der Waals surface area contributed by atoms with Gasteiger partial charge in [0.05, 0.1) is 0 Å². The van der Waals surface area contributed by atoms with E-state index >= 15 is 0 Å². The molecule has 0 spiro atoms. The lowest BCUT2D eigenvalue weighted by Crippen LogP contribution is -1.84. The maximum atomic E-state index is 6.95. The van der Waals surface area contributed by atoms with E-state index in [9.17, 15) is 0 Å². The number of aromatic nitrogens is 2. The molecule has 0 aliphatic rings. The zero-order chi connectivity index (χ0) is 8.48. The fourth-order valence-electron chi connectivity index (χ4n) is 0.393. The van der Waals surface area contributed by atoms with Gasteiger partial charge in [-0.2, -0.15) is 0 Å². The van der Waals surface area contributed by atoms with Gasteiger partial charge in [0.25, 0.3) is 0 Å². The first-order valence-corrected chi connectivity index (χ1v) is 2.29. The second-order valence-corrected chi connectivity index (χ2v) is 1.58. The van der Waals surface area contributed by atoms with Crippen LogP contribution in [0.3, 0.4) is 0 Å². The van der Waals surface area contributed by atoms with E-state index in [0.29, 0.717) is 0 Å². The zero-order valence-corrected chi connectivity index (χ0v) is 4.55. The Morgan fingerprint density at radius 2 is 2.12 bits per heavy atom. The fraction of sp³-hybridized carbons (Fsp3) is 0.333. The van der Waals surface area contributed by atoms with E-state index in [1.165, 1.54) is 12.4 Å². The Labute approximate surface area is 52.8 Å². The second kappa shape index (κ2) is 1.90. The largest absolute Gasteiger partial charge is 0.241 e. The molecule has 1 aromatic heterocycles. The summed E-state index contributed by atoms with van der Waals surface area (Å²) < 4.78 is 20.9. The van der Waals surface area contributed by atoms with E-state index in [-0.39, 0.29) is 5.82 Å². The Morgan fingerprint density at radius 3 is 2.62 bits per heavy atom. The highest BCUT2D eigenvalue weighted by molar-refractivity contribution is 5.00. The first kappa shape index (κ1) is 2.58. The smallest absolute Gasteiger partial charge is 0.125 e. The minimum absolute atomic E-state index is 0.0944. The van der Waals surface area contributed by atoms with E-state index in [4.69, 9.17) is 4.11 Å². The summed E-state index contributed by atoms with van der Waals surface area (Å²) in [7, 11) is 0. The number of rotatable bonds is 0. The van der Waals surface area contributed by atoms with E-state index in [1.54, 1.807) is 0 Å². The number of nitrogens with zero attached hydrogens (tertiary/aromatic N) is 2. The van der Waals surface area contributed by atoms with Gasteiger partial charge in [-0.1, -0.05) is 0 Å². The maximum absolute atomic E-state index is 6.95. The molecule has 1 rings (SSSR count). The third-order valence-electron chi connectivity index (χ3n) is 0.781. The van der Waals surface area contributed by atoms with Crippen LogP contribution >= 0.6 is 0 Å². The van der Waals surface area contributed by atoms with Crippen LogP contribution in [-0.4, -0.2) is 9.97 Å². The summed E-state index contributed by atoms with van der Waals surface area (Å²) in [6.45, 7) is -0.378. The van der Waals surface area contributed by atoms with Crippen molar-refractivity contribution in [3.05, 3.63) is 23.8 Å². The lowest BCUT2D eigenvalue weighted by molar-refractivity contribution is 1.03. The third-order valence-corrected chi connectivity index (χ3v) is 0.781. The molecule has 0 aliphatic heterocycles. The van der Waals surface area contributed by atoms with Crippen LogP contribution in [0.1, 0.15) is 15.5 Å². The van der Waals surface area contributed by atoms with E-state index in [2.05, 4.69) is 9.97 Å². The van der Waals surface area contributed by atoms with Crippen molar-refractivity contribution in [2.24, 2.45) is 0 Å². The average Bonchev–Trinajstić information content (AvgIpc) is 1.86. The Kier molecular flexibility index (Phi) is 0.613. The van der Waals surface area contributed by atoms with Crippen molar-refractivity contribution in [3.63, 3.8) is 0 Å². The van der Waals surface area contributed by atoms with Gasteiger partial charge in [-0.05, 0) is 19.3 Å². The van der Waals surface area contributed by atoms with Gasteiger partial charge in [0.2, 0.25) is 0 Å². The normalized spacial score (nSPS) is 16.4. The Balaban J connectivity index is 2.99. The lowest BCUT2D eigenvalue weighted by Gasteiger charge is -1.88. The molecule has 0 aromatic carbocycles.